The molecule has 0 spiro atoms. The van der Waals surface area contributed by atoms with E-state index in [4.69, 9.17) is 5.73 Å². The lowest BCUT2D eigenvalue weighted by atomic mass is 10.2. The summed E-state index contributed by atoms with van der Waals surface area (Å²) in [6.07, 6.45) is 1.13. The minimum Gasteiger partial charge on any atom is -0.356 e. The lowest BCUT2D eigenvalue weighted by molar-refractivity contribution is -0.120. The monoisotopic (exact) mass is 295 g/mol. The Kier molecular flexibility index (Phi) is 5.07. The highest BCUT2D eigenvalue weighted by Gasteiger charge is 2.09. The number of carbonyl (C=O) groups excluding carboxylic acids is 1. The van der Waals surface area contributed by atoms with Crippen molar-refractivity contribution in [2.75, 3.05) is 6.54 Å². The van der Waals surface area contributed by atoms with Crippen LogP contribution in [0.2, 0.25) is 0 Å². The van der Waals surface area contributed by atoms with Crippen LogP contribution in [0.3, 0.4) is 0 Å². The van der Waals surface area contributed by atoms with Crippen molar-refractivity contribution in [3.8, 4) is 9.88 Å². The normalized spacial score (nSPS) is 12.3. The molecule has 0 aliphatic rings. The van der Waals surface area contributed by atoms with Crippen molar-refractivity contribution in [3.63, 3.8) is 0 Å². The van der Waals surface area contributed by atoms with Gasteiger partial charge in [-0.15, -0.1) is 22.7 Å². The molecule has 6 heteroatoms. The van der Waals surface area contributed by atoms with Gasteiger partial charge in [-0.2, -0.15) is 0 Å². The molecule has 19 heavy (non-hydrogen) atoms. The van der Waals surface area contributed by atoms with E-state index in [1.54, 1.807) is 22.7 Å². The van der Waals surface area contributed by atoms with Crippen LogP contribution in [0, 0.1) is 0 Å². The van der Waals surface area contributed by atoms with Gasteiger partial charge >= 0.3 is 0 Å². The SMILES string of the molecule is CC(N)CCNC(=O)Cc1csc(-c2cccs2)n1. The van der Waals surface area contributed by atoms with Crippen LogP contribution >= 0.6 is 22.7 Å². The zero-order valence-corrected chi connectivity index (χ0v) is 12.4. The second-order valence-electron chi connectivity index (χ2n) is 4.41. The molecule has 1 amide bonds. The van der Waals surface area contributed by atoms with Crippen molar-refractivity contribution in [2.45, 2.75) is 25.8 Å². The summed E-state index contributed by atoms with van der Waals surface area (Å²) in [5.41, 5.74) is 6.45. The topological polar surface area (TPSA) is 68.0 Å². The largest absolute Gasteiger partial charge is 0.356 e. The van der Waals surface area contributed by atoms with Crippen LogP contribution in [-0.4, -0.2) is 23.5 Å². The van der Waals surface area contributed by atoms with Crippen LogP contribution in [0.5, 0.6) is 0 Å². The summed E-state index contributed by atoms with van der Waals surface area (Å²) in [5, 5.41) is 7.80. The fraction of sp³-hybridized carbons (Fsp3) is 0.385. The van der Waals surface area contributed by atoms with Gasteiger partial charge in [0.2, 0.25) is 5.91 Å². The van der Waals surface area contributed by atoms with Crippen LogP contribution in [0.15, 0.2) is 22.9 Å². The maximum Gasteiger partial charge on any atom is 0.226 e. The first kappa shape index (κ1) is 14.2. The maximum atomic E-state index is 11.7. The van der Waals surface area contributed by atoms with Gasteiger partial charge in [0.05, 0.1) is 17.0 Å². The Balaban J connectivity index is 1.84. The lowest BCUT2D eigenvalue weighted by Crippen LogP contribution is -2.30. The number of nitrogens with zero attached hydrogens (tertiary/aromatic N) is 1. The van der Waals surface area contributed by atoms with Crippen LogP contribution in [0.1, 0.15) is 19.0 Å². The number of hydrogen-bond acceptors (Lipinski definition) is 5. The van der Waals surface area contributed by atoms with E-state index in [9.17, 15) is 4.79 Å². The van der Waals surface area contributed by atoms with Gasteiger partial charge in [-0.3, -0.25) is 4.79 Å². The fourth-order valence-electron chi connectivity index (χ4n) is 1.57. The zero-order valence-electron chi connectivity index (χ0n) is 10.8. The molecule has 2 heterocycles. The summed E-state index contributed by atoms with van der Waals surface area (Å²) in [5.74, 6) is 0.00341. The van der Waals surface area contributed by atoms with Crippen molar-refractivity contribution in [1.82, 2.24) is 10.3 Å². The summed E-state index contributed by atoms with van der Waals surface area (Å²) < 4.78 is 0. The quantitative estimate of drug-likeness (QED) is 0.859. The molecular formula is C13H17N3OS2. The zero-order chi connectivity index (χ0) is 13.7. The molecule has 3 N–H and O–H groups in total. The van der Waals surface area contributed by atoms with Crippen molar-refractivity contribution in [1.29, 1.82) is 0 Å². The number of nitrogens with one attached hydrogen (secondary N) is 1. The number of nitrogens with two attached hydrogens (primary N) is 1. The summed E-state index contributed by atoms with van der Waals surface area (Å²) >= 11 is 3.24. The maximum absolute atomic E-state index is 11.7. The summed E-state index contributed by atoms with van der Waals surface area (Å²) in [4.78, 5) is 17.3. The lowest BCUT2D eigenvalue weighted by Gasteiger charge is -2.06. The van der Waals surface area contributed by atoms with Gasteiger partial charge in [-0.05, 0) is 24.8 Å². The number of carbonyl (C=O) groups is 1. The van der Waals surface area contributed by atoms with Gasteiger partial charge < -0.3 is 11.1 Å². The summed E-state index contributed by atoms with van der Waals surface area (Å²) in [6.45, 7) is 2.55. The average molecular weight is 295 g/mol. The number of amides is 1. The van der Waals surface area contributed by atoms with Crippen molar-refractivity contribution in [2.24, 2.45) is 5.73 Å². The van der Waals surface area contributed by atoms with Gasteiger partial charge in [0.1, 0.15) is 5.01 Å². The molecule has 2 aromatic heterocycles. The third kappa shape index (κ3) is 4.41. The number of aromatic nitrogens is 1. The van der Waals surface area contributed by atoms with Crippen molar-refractivity contribution < 1.29 is 4.79 Å². The number of rotatable bonds is 6. The first-order valence-electron chi connectivity index (χ1n) is 6.15. The predicted octanol–water partition coefficient (Wildman–Crippen LogP) is 2.27. The van der Waals surface area contributed by atoms with Crippen molar-refractivity contribution in [3.05, 3.63) is 28.6 Å². The summed E-state index contributed by atoms with van der Waals surface area (Å²) in [7, 11) is 0. The van der Waals surface area contributed by atoms with Crippen molar-refractivity contribution >= 4 is 28.6 Å². The molecule has 0 fully saturated rings. The minimum atomic E-state index is 0.00341. The summed E-state index contributed by atoms with van der Waals surface area (Å²) in [6, 6.07) is 4.16. The highest BCUT2D eigenvalue weighted by Crippen LogP contribution is 2.27. The number of thiophene rings is 1. The van der Waals surface area contributed by atoms with Crippen LogP contribution in [0.4, 0.5) is 0 Å². The highest BCUT2D eigenvalue weighted by molar-refractivity contribution is 7.20. The van der Waals surface area contributed by atoms with Crippen LogP contribution in [0.25, 0.3) is 9.88 Å². The Morgan fingerprint density at radius 3 is 3.05 bits per heavy atom. The van der Waals surface area contributed by atoms with Gasteiger partial charge in [-0.25, -0.2) is 4.98 Å². The molecule has 0 radical (unpaired) electrons. The van der Waals surface area contributed by atoms with E-state index in [0.717, 1.165) is 22.0 Å². The van der Waals surface area contributed by atoms with E-state index in [1.165, 1.54) is 0 Å². The molecule has 0 saturated heterocycles. The first-order valence-corrected chi connectivity index (χ1v) is 7.91. The molecule has 1 atom stereocenters. The average Bonchev–Trinajstić information content (AvgIpc) is 2.97. The second kappa shape index (κ2) is 6.79. The molecule has 4 nitrogen and oxygen atoms in total. The van der Waals surface area contributed by atoms with E-state index >= 15 is 0 Å². The molecule has 0 aliphatic heterocycles. The Labute approximate surface area is 120 Å². The predicted molar refractivity (Wildman–Crippen MR) is 80.4 cm³/mol. The first-order chi connectivity index (χ1) is 9.15. The van der Waals surface area contributed by atoms with E-state index < -0.39 is 0 Å². The van der Waals surface area contributed by atoms with Crippen LogP contribution < -0.4 is 11.1 Å². The smallest absolute Gasteiger partial charge is 0.226 e. The number of hydrogen-bond donors (Lipinski definition) is 2. The van der Waals surface area contributed by atoms with E-state index in [2.05, 4.69) is 10.3 Å². The van der Waals surface area contributed by atoms with E-state index in [1.807, 2.05) is 29.8 Å². The molecule has 0 saturated carbocycles. The molecule has 0 bridgehead atoms. The Morgan fingerprint density at radius 1 is 1.53 bits per heavy atom. The molecule has 0 aliphatic carbocycles. The third-order valence-corrected chi connectivity index (χ3v) is 4.48. The molecule has 0 aromatic carbocycles. The molecule has 2 aromatic rings. The third-order valence-electron chi connectivity index (χ3n) is 2.55. The Morgan fingerprint density at radius 2 is 2.37 bits per heavy atom. The van der Waals surface area contributed by atoms with Gasteiger partial charge in [0.25, 0.3) is 0 Å². The Hall–Kier alpha value is -1.24. The molecule has 2 rings (SSSR count). The molecule has 102 valence electrons. The van der Waals surface area contributed by atoms with Gasteiger partial charge in [0.15, 0.2) is 0 Å². The fourth-order valence-corrected chi connectivity index (χ4v) is 3.20. The number of thiazole rings is 1. The molecule has 1 unspecified atom stereocenters. The molecular weight excluding hydrogens is 278 g/mol. The van der Waals surface area contributed by atoms with Gasteiger partial charge in [0, 0.05) is 18.0 Å². The standard InChI is InChI=1S/C13H17N3OS2/c1-9(14)4-5-15-12(17)7-10-8-19-13(16-10)11-3-2-6-18-11/h2-3,6,8-9H,4-5,7,14H2,1H3,(H,15,17). The van der Waals surface area contributed by atoms with Gasteiger partial charge in [-0.1, -0.05) is 6.07 Å². The highest BCUT2D eigenvalue weighted by atomic mass is 32.1. The second-order valence-corrected chi connectivity index (χ2v) is 6.22. The minimum absolute atomic E-state index is 0.00341. The Bertz CT molecular complexity index is 520. The van der Waals surface area contributed by atoms with Crippen LogP contribution in [-0.2, 0) is 11.2 Å². The van der Waals surface area contributed by atoms with E-state index in [0.29, 0.717) is 13.0 Å². The van der Waals surface area contributed by atoms with E-state index in [-0.39, 0.29) is 11.9 Å².